The van der Waals surface area contributed by atoms with E-state index in [-0.39, 0.29) is 12.1 Å². The van der Waals surface area contributed by atoms with Crippen molar-refractivity contribution in [3.05, 3.63) is 0 Å². The van der Waals surface area contributed by atoms with E-state index in [1.807, 2.05) is 0 Å². The van der Waals surface area contributed by atoms with Crippen LogP contribution in [-0.2, 0) is 4.79 Å². The van der Waals surface area contributed by atoms with Gasteiger partial charge in [-0.2, -0.15) is 0 Å². The Kier molecular flexibility index (Phi) is 3.13. The summed E-state index contributed by atoms with van der Waals surface area (Å²) in [5, 5.41) is 12.2. The molecule has 0 aromatic rings. The Morgan fingerprint density at radius 1 is 1.22 bits per heavy atom. The number of carbonyl (C=O) groups is 2. The van der Waals surface area contributed by atoms with Crippen LogP contribution in [0.15, 0.2) is 0 Å². The minimum atomic E-state index is -0.899. The van der Waals surface area contributed by atoms with Crippen LogP contribution in [0.1, 0.15) is 25.7 Å². The summed E-state index contributed by atoms with van der Waals surface area (Å²) in [5.74, 6) is 1.37. The summed E-state index contributed by atoms with van der Waals surface area (Å²) in [7, 11) is 0. The highest BCUT2D eigenvalue weighted by atomic mass is 32.2. The molecule has 1 atom stereocenters. The first kappa shape index (κ1) is 12.1. The molecule has 0 spiro atoms. The van der Waals surface area contributed by atoms with E-state index in [0.29, 0.717) is 23.5 Å². The fraction of sp³-hybridized carbons (Fsp3) is 0.833. The van der Waals surface area contributed by atoms with Crippen LogP contribution in [0.5, 0.6) is 0 Å². The van der Waals surface area contributed by atoms with Crippen molar-refractivity contribution in [3.8, 4) is 0 Å². The van der Waals surface area contributed by atoms with E-state index in [2.05, 4.69) is 5.32 Å². The van der Waals surface area contributed by atoms with Gasteiger partial charge in [0.25, 0.3) is 0 Å². The normalized spacial score (nSPS) is 27.6. The van der Waals surface area contributed by atoms with E-state index in [4.69, 9.17) is 5.11 Å². The maximum absolute atomic E-state index is 12.2. The van der Waals surface area contributed by atoms with E-state index in [9.17, 15) is 9.59 Å². The minimum absolute atomic E-state index is 0.184. The summed E-state index contributed by atoms with van der Waals surface area (Å²) < 4.78 is 0. The third-order valence-corrected chi connectivity index (χ3v) is 4.99. The Morgan fingerprint density at radius 3 is 2.33 bits per heavy atom. The second-order valence-corrected chi connectivity index (χ2v) is 6.47. The molecule has 2 aliphatic carbocycles. The number of carboxylic acids is 1. The lowest BCUT2D eigenvalue weighted by molar-refractivity contribution is -0.140. The molecule has 6 heteroatoms. The second kappa shape index (κ2) is 4.64. The summed E-state index contributed by atoms with van der Waals surface area (Å²) >= 11 is 1.51. The molecule has 0 aromatic carbocycles. The van der Waals surface area contributed by atoms with Gasteiger partial charge in [0.15, 0.2) is 0 Å². The van der Waals surface area contributed by atoms with Crippen LogP contribution in [0.25, 0.3) is 0 Å². The maximum Gasteiger partial charge on any atom is 0.327 e. The molecule has 18 heavy (non-hydrogen) atoms. The van der Waals surface area contributed by atoms with E-state index < -0.39 is 12.0 Å². The Morgan fingerprint density at radius 2 is 1.83 bits per heavy atom. The van der Waals surface area contributed by atoms with Crippen molar-refractivity contribution in [3.63, 3.8) is 0 Å². The van der Waals surface area contributed by atoms with Crippen molar-refractivity contribution < 1.29 is 14.7 Å². The predicted octanol–water partition coefficient (Wildman–Crippen LogP) is 1.34. The molecular formula is C12H18N2O3S. The molecule has 0 bridgehead atoms. The van der Waals surface area contributed by atoms with Crippen molar-refractivity contribution in [1.29, 1.82) is 0 Å². The van der Waals surface area contributed by atoms with Crippen LogP contribution < -0.4 is 5.32 Å². The third-order valence-electron chi connectivity index (χ3n) is 3.98. The second-order valence-electron chi connectivity index (χ2n) is 5.47. The Bertz CT molecular complexity index is 356. The van der Waals surface area contributed by atoms with Gasteiger partial charge in [-0.15, -0.1) is 11.8 Å². The van der Waals surface area contributed by atoms with E-state index in [1.54, 1.807) is 0 Å². The van der Waals surface area contributed by atoms with E-state index in [1.165, 1.54) is 42.3 Å². The highest BCUT2D eigenvalue weighted by Gasteiger charge is 2.44. The van der Waals surface area contributed by atoms with Gasteiger partial charge in [-0.3, -0.25) is 0 Å². The Balaban J connectivity index is 1.61. The van der Waals surface area contributed by atoms with Crippen molar-refractivity contribution in [1.82, 2.24) is 10.2 Å². The van der Waals surface area contributed by atoms with Gasteiger partial charge in [-0.1, -0.05) is 0 Å². The van der Waals surface area contributed by atoms with Crippen molar-refractivity contribution in [2.75, 3.05) is 11.6 Å². The molecule has 5 nitrogen and oxygen atoms in total. The number of nitrogens with one attached hydrogen (secondary N) is 1. The number of nitrogens with zero attached hydrogens (tertiary/aromatic N) is 1. The maximum atomic E-state index is 12.2. The number of aliphatic carboxylic acids is 1. The largest absolute Gasteiger partial charge is 0.480 e. The molecule has 3 fully saturated rings. The zero-order valence-electron chi connectivity index (χ0n) is 10.2. The number of carbonyl (C=O) groups excluding carboxylic acids is 1. The van der Waals surface area contributed by atoms with E-state index >= 15 is 0 Å². The molecule has 3 rings (SSSR count). The molecule has 1 aliphatic heterocycles. The van der Waals surface area contributed by atoms with Gasteiger partial charge in [-0.05, 0) is 37.5 Å². The lowest BCUT2D eigenvalue weighted by Crippen LogP contribution is -2.50. The highest BCUT2D eigenvalue weighted by molar-refractivity contribution is 7.99. The molecule has 2 N–H and O–H groups in total. The molecule has 100 valence electrons. The number of thioether (sulfide) groups is 1. The van der Waals surface area contributed by atoms with Gasteiger partial charge in [0.2, 0.25) is 0 Å². The Labute approximate surface area is 110 Å². The summed E-state index contributed by atoms with van der Waals surface area (Å²) in [6.07, 6.45) is 4.83. The van der Waals surface area contributed by atoms with Gasteiger partial charge >= 0.3 is 12.0 Å². The molecule has 2 amide bonds. The molecule has 1 saturated heterocycles. The first-order chi connectivity index (χ1) is 8.66. The van der Waals surface area contributed by atoms with Crippen molar-refractivity contribution in [2.45, 2.75) is 37.8 Å². The minimum Gasteiger partial charge on any atom is -0.480 e. The third kappa shape index (κ3) is 2.43. The average molecular weight is 270 g/mol. The first-order valence-corrected chi connectivity index (χ1v) is 7.70. The molecule has 2 saturated carbocycles. The summed E-state index contributed by atoms with van der Waals surface area (Å²) in [6, 6.07) is -0.553. The standard InChI is InChI=1S/C12H18N2O3S/c15-11(16)9-5-18-6-14(9)12(17)13-10(7-1-2-7)8-3-4-8/h7-10H,1-6H2,(H,13,17)(H,15,16). The molecule has 0 aromatic heterocycles. The topological polar surface area (TPSA) is 69.6 Å². The van der Waals surface area contributed by atoms with Crippen LogP contribution in [0.2, 0.25) is 0 Å². The molecule has 3 aliphatic rings. The van der Waals surface area contributed by atoms with Crippen LogP contribution in [0, 0.1) is 11.8 Å². The van der Waals surface area contributed by atoms with E-state index in [0.717, 1.165) is 0 Å². The lowest BCUT2D eigenvalue weighted by atomic mass is 10.1. The van der Waals surface area contributed by atoms with Gasteiger partial charge in [-0.25, -0.2) is 9.59 Å². The summed E-state index contributed by atoms with van der Waals surface area (Å²) in [4.78, 5) is 24.7. The number of carboxylic acid groups (broad SMARTS) is 1. The van der Waals surface area contributed by atoms with Gasteiger partial charge in [0.1, 0.15) is 6.04 Å². The number of hydrogen-bond donors (Lipinski definition) is 2. The smallest absolute Gasteiger partial charge is 0.327 e. The highest BCUT2D eigenvalue weighted by Crippen LogP contribution is 2.44. The average Bonchev–Trinajstić information content (AvgIpc) is 3.24. The van der Waals surface area contributed by atoms with Gasteiger partial charge < -0.3 is 15.3 Å². The first-order valence-electron chi connectivity index (χ1n) is 6.54. The number of rotatable bonds is 4. The monoisotopic (exact) mass is 270 g/mol. The molecule has 0 radical (unpaired) electrons. The van der Waals surface area contributed by atoms with Crippen LogP contribution in [0.4, 0.5) is 4.79 Å². The van der Waals surface area contributed by atoms with Gasteiger partial charge in [0, 0.05) is 11.8 Å². The molecule has 1 unspecified atom stereocenters. The molecule has 1 heterocycles. The van der Waals surface area contributed by atoms with Crippen molar-refractivity contribution >= 4 is 23.8 Å². The molecular weight excluding hydrogens is 252 g/mol. The quantitative estimate of drug-likeness (QED) is 0.809. The summed E-state index contributed by atoms with van der Waals surface area (Å²) in [6.45, 7) is 0. The van der Waals surface area contributed by atoms with Crippen LogP contribution in [0.3, 0.4) is 0 Å². The van der Waals surface area contributed by atoms with Crippen molar-refractivity contribution in [2.24, 2.45) is 11.8 Å². The SMILES string of the molecule is O=C(O)C1CSCN1C(=O)NC(C1CC1)C1CC1. The zero-order chi connectivity index (χ0) is 12.7. The van der Waals surface area contributed by atoms with Crippen LogP contribution >= 0.6 is 11.8 Å². The van der Waals surface area contributed by atoms with Crippen LogP contribution in [-0.4, -0.2) is 45.7 Å². The number of amides is 2. The number of urea groups is 1. The number of hydrogen-bond acceptors (Lipinski definition) is 3. The summed E-state index contributed by atoms with van der Waals surface area (Å²) in [5.41, 5.74) is 0. The Hall–Kier alpha value is -0.910. The fourth-order valence-electron chi connectivity index (χ4n) is 2.60. The zero-order valence-corrected chi connectivity index (χ0v) is 11.0. The van der Waals surface area contributed by atoms with Gasteiger partial charge in [0.05, 0.1) is 5.88 Å². The lowest BCUT2D eigenvalue weighted by Gasteiger charge is -2.25. The predicted molar refractivity (Wildman–Crippen MR) is 68.4 cm³/mol. The fourth-order valence-corrected chi connectivity index (χ4v) is 3.75.